The highest BCUT2D eigenvalue weighted by molar-refractivity contribution is 5.85. The molecule has 0 aliphatic carbocycles. The number of aryl methyl sites for hydroxylation is 1. The van der Waals surface area contributed by atoms with Crippen LogP contribution in [-0.2, 0) is 9.59 Å². The SMILES string of the molecule is Cc1ccccc1OCC(=O)N1CC(O)CC1C(=O)O. The van der Waals surface area contributed by atoms with Crippen LogP contribution in [0.15, 0.2) is 24.3 Å². The molecule has 6 nitrogen and oxygen atoms in total. The quantitative estimate of drug-likeness (QED) is 0.834. The van der Waals surface area contributed by atoms with Crippen LogP contribution in [0.1, 0.15) is 12.0 Å². The van der Waals surface area contributed by atoms with Gasteiger partial charge in [0.2, 0.25) is 0 Å². The van der Waals surface area contributed by atoms with E-state index in [9.17, 15) is 14.7 Å². The Hall–Kier alpha value is -2.08. The highest BCUT2D eigenvalue weighted by Crippen LogP contribution is 2.20. The fraction of sp³-hybridized carbons (Fsp3) is 0.429. The molecule has 108 valence electrons. The molecule has 1 aliphatic heterocycles. The van der Waals surface area contributed by atoms with Crippen molar-refractivity contribution in [2.45, 2.75) is 25.5 Å². The van der Waals surface area contributed by atoms with Gasteiger partial charge >= 0.3 is 5.97 Å². The molecule has 1 heterocycles. The van der Waals surface area contributed by atoms with Crippen molar-refractivity contribution in [3.05, 3.63) is 29.8 Å². The summed E-state index contributed by atoms with van der Waals surface area (Å²) < 4.78 is 5.41. The summed E-state index contributed by atoms with van der Waals surface area (Å²) in [5, 5.41) is 18.5. The first-order valence-electron chi connectivity index (χ1n) is 6.38. The average Bonchev–Trinajstić information content (AvgIpc) is 2.80. The van der Waals surface area contributed by atoms with Crippen molar-refractivity contribution in [3.63, 3.8) is 0 Å². The van der Waals surface area contributed by atoms with Crippen LogP contribution in [0.2, 0.25) is 0 Å². The van der Waals surface area contributed by atoms with E-state index in [1.54, 1.807) is 12.1 Å². The molecule has 2 N–H and O–H groups in total. The van der Waals surface area contributed by atoms with Crippen LogP contribution in [0.25, 0.3) is 0 Å². The van der Waals surface area contributed by atoms with Crippen molar-refractivity contribution in [3.8, 4) is 5.75 Å². The molecule has 20 heavy (non-hydrogen) atoms. The number of aliphatic hydroxyl groups excluding tert-OH is 1. The summed E-state index contributed by atoms with van der Waals surface area (Å²) >= 11 is 0. The number of β-amino-alcohol motifs (C(OH)–C–C–N with tert-alkyl or cyclic N) is 1. The van der Waals surface area contributed by atoms with Gasteiger partial charge in [0.25, 0.3) is 5.91 Å². The average molecular weight is 279 g/mol. The molecule has 0 saturated carbocycles. The minimum absolute atomic E-state index is 0.0347. The van der Waals surface area contributed by atoms with Crippen LogP contribution in [0, 0.1) is 6.92 Å². The van der Waals surface area contributed by atoms with Crippen molar-refractivity contribution in [1.82, 2.24) is 4.90 Å². The zero-order valence-electron chi connectivity index (χ0n) is 11.2. The summed E-state index contributed by atoms with van der Waals surface area (Å²) in [6, 6.07) is 6.29. The summed E-state index contributed by atoms with van der Waals surface area (Å²) in [7, 11) is 0. The Morgan fingerprint density at radius 1 is 1.40 bits per heavy atom. The van der Waals surface area contributed by atoms with E-state index in [-0.39, 0.29) is 19.6 Å². The van der Waals surface area contributed by atoms with Gasteiger partial charge in [0, 0.05) is 13.0 Å². The molecule has 2 atom stereocenters. The molecule has 1 aromatic rings. The number of amides is 1. The Kier molecular flexibility index (Phi) is 4.24. The third kappa shape index (κ3) is 3.08. The molecule has 1 saturated heterocycles. The lowest BCUT2D eigenvalue weighted by Gasteiger charge is -2.21. The Morgan fingerprint density at radius 2 is 2.10 bits per heavy atom. The van der Waals surface area contributed by atoms with Gasteiger partial charge in [-0.05, 0) is 18.6 Å². The number of benzene rings is 1. The van der Waals surface area contributed by atoms with Crippen molar-refractivity contribution >= 4 is 11.9 Å². The Balaban J connectivity index is 1.98. The number of para-hydroxylation sites is 1. The fourth-order valence-electron chi connectivity index (χ4n) is 2.26. The van der Waals surface area contributed by atoms with Crippen LogP contribution in [0.4, 0.5) is 0 Å². The Morgan fingerprint density at radius 3 is 2.75 bits per heavy atom. The number of hydrogen-bond donors (Lipinski definition) is 2. The second-order valence-corrected chi connectivity index (χ2v) is 4.84. The number of nitrogens with zero attached hydrogens (tertiary/aromatic N) is 1. The van der Waals surface area contributed by atoms with E-state index in [1.807, 2.05) is 19.1 Å². The molecular weight excluding hydrogens is 262 g/mol. The summed E-state index contributed by atoms with van der Waals surface area (Å²) in [4.78, 5) is 24.2. The van der Waals surface area contributed by atoms with E-state index >= 15 is 0 Å². The lowest BCUT2D eigenvalue weighted by atomic mass is 10.2. The van der Waals surface area contributed by atoms with Gasteiger partial charge in [-0.15, -0.1) is 0 Å². The second kappa shape index (κ2) is 5.92. The van der Waals surface area contributed by atoms with Crippen LogP contribution in [0.3, 0.4) is 0 Å². The van der Waals surface area contributed by atoms with Gasteiger partial charge < -0.3 is 19.8 Å². The summed E-state index contributed by atoms with van der Waals surface area (Å²) in [5.74, 6) is -0.949. The van der Waals surface area contributed by atoms with Gasteiger partial charge in [0.05, 0.1) is 6.10 Å². The molecule has 1 aromatic carbocycles. The van der Waals surface area contributed by atoms with E-state index in [2.05, 4.69) is 0 Å². The number of aliphatic carboxylic acids is 1. The third-order valence-electron chi connectivity index (χ3n) is 3.33. The van der Waals surface area contributed by atoms with Gasteiger partial charge in [-0.25, -0.2) is 4.79 Å². The molecule has 1 fully saturated rings. The van der Waals surface area contributed by atoms with Gasteiger partial charge in [-0.1, -0.05) is 18.2 Å². The number of aliphatic hydroxyl groups is 1. The Labute approximate surface area is 116 Å². The largest absolute Gasteiger partial charge is 0.484 e. The maximum atomic E-state index is 12.0. The maximum absolute atomic E-state index is 12.0. The number of carbonyl (C=O) groups excluding carboxylic acids is 1. The number of carbonyl (C=O) groups is 2. The molecule has 0 bridgehead atoms. The highest BCUT2D eigenvalue weighted by atomic mass is 16.5. The van der Waals surface area contributed by atoms with Crippen molar-refractivity contribution < 1.29 is 24.5 Å². The molecule has 2 unspecified atom stereocenters. The van der Waals surface area contributed by atoms with E-state index in [4.69, 9.17) is 9.84 Å². The lowest BCUT2D eigenvalue weighted by molar-refractivity contribution is -0.149. The van der Waals surface area contributed by atoms with E-state index in [1.165, 1.54) is 0 Å². The first kappa shape index (κ1) is 14.3. The van der Waals surface area contributed by atoms with Crippen molar-refractivity contribution in [2.75, 3.05) is 13.2 Å². The van der Waals surface area contributed by atoms with Gasteiger partial charge in [0.15, 0.2) is 6.61 Å². The molecular formula is C14H17NO5. The van der Waals surface area contributed by atoms with Crippen LogP contribution in [0.5, 0.6) is 5.75 Å². The molecule has 1 aliphatic rings. The van der Waals surface area contributed by atoms with Crippen molar-refractivity contribution in [2.24, 2.45) is 0 Å². The minimum atomic E-state index is -1.11. The van der Waals surface area contributed by atoms with Crippen LogP contribution in [-0.4, -0.2) is 52.3 Å². The maximum Gasteiger partial charge on any atom is 0.326 e. The first-order chi connectivity index (χ1) is 9.49. The number of carboxylic acids is 1. The number of ether oxygens (including phenoxy) is 1. The monoisotopic (exact) mass is 279 g/mol. The van der Waals surface area contributed by atoms with Gasteiger partial charge in [-0.2, -0.15) is 0 Å². The number of hydrogen-bond acceptors (Lipinski definition) is 4. The summed E-state index contributed by atoms with van der Waals surface area (Å²) in [6.07, 6.45) is -0.732. The number of likely N-dealkylation sites (tertiary alicyclic amines) is 1. The second-order valence-electron chi connectivity index (χ2n) is 4.84. The fourth-order valence-corrected chi connectivity index (χ4v) is 2.26. The summed E-state index contributed by atoms with van der Waals surface area (Å²) in [5.41, 5.74) is 0.900. The highest BCUT2D eigenvalue weighted by Gasteiger charge is 2.38. The third-order valence-corrected chi connectivity index (χ3v) is 3.33. The van der Waals surface area contributed by atoms with Crippen LogP contribution < -0.4 is 4.74 Å². The Bertz CT molecular complexity index is 516. The van der Waals surface area contributed by atoms with Gasteiger partial charge in [-0.3, -0.25) is 4.79 Å². The van der Waals surface area contributed by atoms with Crippen LogP contribution >= 0.6 is 0 Å². The van der Waals surface area contributed by atoms with Crippen molar-refractivity contribution in [1.29, 1.82) is 0 Å². The zero-order valence-corrected chi connectivity index (χ0v) is 11.2. The standard InChI is InChI=1S/C14H17NO5/c1-9-4-2-3-5-12(9)20-8-13(17)15-7-10(16)6-11(15)14(18)19/h2-5,10-11,16H,6-8H2,1H3,(H,18,19). The predicted molar refractivity (Wildman–Crippen MR) is 70.4 cm³/mol. The molecule has 0 radical (unpaired) electrons. The molecule has 0 spiro atoms. The smallest absolute Gasteiger partial charge is 0.326 e. The number of carboxylic acid groups (broad SMARTS) is 1. The summed E-state index contributed by atoms with van der Waals surface area (Å²) in [6.45, 7) is 1.66. The lowest BCUT2D eigenvalue weighted by Crippen LogP contribution is -2.43. The molecule has 6 heteroatoms. The van der Waals surface area contributed by atoms with E-state index < -0.39 is 24.0 Å². The minimum Gasteiger partial charge on any atom is -0.484 e. The van der Waals surface area contributed by atoms with E-state index in [0.717, 1.165) is 10.5 Å². The molecule has 0 aromatic heterocycles. The first-order valence-corrected chi connectivity index (χ1v) is 6.38. The van der Waals surface area contributed by atoms with E-state index in [0.29, 0.717) is 5.75 Å². The molecule has 1 amide bonds. The van der Waals surface area contributed by atoms with Gasteiger partial charge in [0.1, 0.15) is 11.8 Å². The normalized spacial score (nSPS) is 21.8. The predicted octanol–water partition coefficient (Wildman–Crippen LogP) is 0.420. The topological polar surface area (TPSA) is 87.1 Å². The molecule has 2 rings (SSSR count). The zero-order chi connectivity index (χ0) is 14.7. The number of rotatable bonds is 4.